The maximum Gasteiger partial charge on any atom is 0.273 e. The predicted molar refractivity (Wildman–Crippen MR) is 102 cm³/mol. The van der Waals surface area contributed by atoms with Gasteiger partial charge in [0.25, 0.3) is 6.33 Å². The summed E-state index contributed by atoms with van der Waals surface area (Å²) in [5.41, 5.74) is 2.87. The number of benzene rings is 3. The third-order valence-corrected chi connectivity index (χ3v) is 4.28. The molecule has 0 bridgehead atoms. The second-order valence-corrected chi connectivity index (χ2v) is 5.93. The average Bonchev–Trinajstić information content (AvgIpc) is 3.20. The van der Waals surface area contributed by atoms with Crippen LogP contribution in [-0.2, 0) is 0 Å². The molecule has 5 heteroatoms. The van der Waals surface area contributed by atoms with Crippen molar-refractivity contribution in [3.63, 3.8) is 0 Å². The highest BCUT2D eigenvalue weighted by Crippen LogP contribution is 2.22. The highest BCUT2D eigenvalue weighted by molar-refractivity contribution is 5.57. The van der Waals surface area contributed by atoms with Crippen LogP contribution >= 0.6 is 0 Å². The van der Waals surface area contributed by atoms with E-state index < -0.39 is 0 Å². The Labute approximate surface area is 158 Å². The Morgan fingerprint density at radius 3 is 1.96 bits per heavy atom. The minimum Gasteiger partial charge on any atom is -0.497 e. The van der Waals surface area contributed by atoms with E-state index in [1.807, 2.05) is 83.4 Å². The predicted octanol–water partition coefficient (Wildman–Crippen LogP) is 3.63. The zero-order valence-corrected chi connectivity index (χ0v) is 15.2. The van der Waals surface area contributed by atoms with Crippen molar-refractivity contribution in [2.75, 3.05) is 14.2 Å². The van der Waals surface area contributed by atoms with E-state index in [-0.39, 0.29) is 0 Å². The van der Waals surface area contributed by atoms with Gasteiger partial charge < -0.3 is 9.47 Å². The van der Waals surface area contributed by atoms with E-state index in [0.717, 1.165) is 34.3 Å². The first-order valence-electron chi connectivity index (χ1n) is 8.57. The summed E-state index contributed by atoms with van der Waals surface area (Å²) < 4.78 is 14.2. The highest BCUT2D eigenvalue weighted by Gasteiger charge is 2.14. The molecule has 1 aromatic heterocycles. The first-order valence-corrected chi connectivity index (χ1v) is 8.57. The van der Waals surface area contributed by atoms with Crippen molar-refractivity contribution in [3.8, 4) is 34.3 Å². The topological polar surface area (TPSA) is 40.2 Å². The van der Waals surface area contributed by atoms with Gasteiger partial charge in [-0.25, -0.2) is 0 Å². The zero-order chi connectivity index (χ0) is 18.6. The van der Waals surface area contributed by atoms with Gasteiger partial charge in [-0.05, 0) is 24.3 Å². The summed E-state index contributed by atoms with van der Waals surface area (Å²) in [6, 6.07) is 25.6. The molecule has 0 amide bonds. The van der Waals surface area contributed by atoms with Crippen molar-refractivity contribution in [2.24, 2.45) is 0 Å². The fourth-order valence-electron chi connectivity index (χ4n) is 2.83. The molecule has 0 radical (unpaired) electrons. The van der Waals surface area contributed by atoms with Gasteiger partial charge in [0, 0.05) is 5.56 Å². The molecule has 0 saturated carbocycles. The molecule has 0 aliphatic rings. The molecule has 1 heterocycles. The first kappa shape index (κ1) is 16.8. The van der Waals surface area contributed by atoms with Crippen LogP contribution in [0.3, 0.4) is 0 Å². The number of rotatable bonds is 5. The van der Waals surface area contributed by atoms with E-state index in [9.17, 15) is 0 Å². The number of hydrogen-bond donors (Lipinski definition) is 0. The molecule has 0 saturated heterocycles. The average molecular weight is 357 g/mol. The third-order valence-electron chi connectivity index (χ3n) is 4.28. The monoisotopic (exact) mass is 357 g/mol. The van der Waals surface area contributed by atoms with Gasteiger partial charge in [-0.15, -0.1) is 5.10 Å². The first-order chi connectivity index (χ1) is 13.3. The van der Waals surface area contributed by atoms with Crippen LogP contribution in [0, 0.1) is 6.33 Å². The molecule has 0 unspecified atom stereocenters. The summed E-state index contributed by atoms with van der Waals surface area (Å²) in [4.78, 5) is 0. The van der Waals surface area contributed by atoms with Crippen molar-refractivity contribution in [1.82, 2.24) is 9.67 Å². The molecule has 4 aromatic rings. The van der Waals surface area contributed by atoms with Crippen LogP contribution in [-0.4, -0.2) is 23.9 Å². The summed E-state index contributed by atoms with van der Waals surface area (Å²) in [6.45, 7) is 0. The van der Waals surface area contributed by atoms with Crippen molar-refractivity contribution < 1.29 is 14.2 Å². The summed E-state index contributed by atoms with van der Waals surface area (Å²) in [5, 5.41) is 4.78. The van der Waals surface area contributed by atoms with Crippen LogP contribution in [0.4, 0.5) is 0 Å². The molecule has 0 atom stereocenters. The smallest absolute Gasteiger partial charge is 0.273 e. The van der Waals surface area contributed by atoms with Crippen LogP contribution in [0.2, 0.25) is 0 Å². The standard InChI is InChI=1S/C22H19N3O2/c1-26-20-12-8-18(9-13-20)24-16-25(19-10-14-21(27-2)15-11-19)23-22(24)17-6-4-3-5-7-17/h3-15H,1-2H3. The fraction of sp³-hybridized carbons (Fsp3) is 0.0909. The van der Waals surface area contributed by atoms with Gasteiger partial charge in [0.1, 0.15) is 11.5 Å². The van der Waals surface area contributed by atoms with Gasteiger partial charge in [-0.2, -0.15) is 4.68 Å². The second kappa shape index (κ2) is 7.33. The van der Waals surface area contributed by atoms with E-state index in [1.54, 1.807) is 18.9 Å². The second-order valence-electron chi connectivity index (χ2n) is 5.93. The largest absolute Gasteiger partial charge is 0.497 e. The lowest BCUT2D eigenvalue weighted by atomic mass is 10.2. The normalized spacial score (nSPS) is 10.6. The zero-order valence-electron chi connectivity index (χ0n) is 15.2. The van der Waals surface area contributed by atoms with Gasteiger partial charge in [-0.1, -0.05) is 54.6 Å². The molecule has 134 valence electrons. The Kier molecular flexibility index (Phi) is 4.58. The number of nitrogens with zero attached hydrogens (tertiary/aromatic N) is 3. The van der Waals surface area contributed by atoms with Crippen LogP contribution in [0.5, 0.6) is 11.5 Å². The molecule has 27 heavy (non-hydrogen) atoms. The Hall–Kier alpha value is -3.60. The molecule has 5 nitrogen and oxygen atoms in total. The minimum absolute atomic E-state index is 0.802. The minimum atomic E-state index is 0.802. The van der Waals surface area contributed by atoms with Gasteiger partial charge in [0.2, 0.25) is 0 Å². The Morgan fingerprint density at radius 2 is 1.37 bits per heavy atom. The molecule has 3 aromatic carbocycles. The molecule has 0 N–H and O–H groups in total. The molecule has 0 aliphatic heterocycles. The van der Waals surface area contributed by atoms with Gasteiger partial charge >= 0.3 is 0 Å². The molecule has 0 spiro atoms. The van der Waals surface area contributed by atoms with Crippen molar-refractivity contribution in [1.29, 1.82) is 0 Å². The van der Waals surface area contributed by atoms with Crippen LogP contribution in [0.25, 0.3) is 22.8 Å². The lowest BCUT2D eigenvalue weighted by Gasteiger charge is -2.07. The maximum absolute atomic E-state index is 5.26. The van der Waals surface area contributed by atoms with Crippen LogP contribution in [0.1, 0.15) is 0 Å². The molecule has 0 fully saturated rings. The fourth-order valence-corrected chi connectivity index (χ4v) is 2.83. The molecular weight excluding hydrogens is 338 g/mol. The van der Waals surface area contributed by atoms with Crippen LogP contribution in [0.15, 0.2) is 78.9 Å². The number of ether oxygens (including phenoxy) is 2. The third kappa shape index (κ3) is 3.40. The Morgan fingerprint density at radius 1 is 0.778 bits per heavy atom. The maximum atomic E-state index is 5.26. The number of hydrogen-bond acceptors (Lipinski definition) is 3. The van der Waals surface area contributed by atoms with Gasteiger partial charge in [0.15, 0.2) is 5.82 Å². The van der Waals surface area contributed by atoms with E-state index in [1.165, 1.54) is 0 Å². The van der Waals surface area contributed by atoms with Gasteiger partial charge in [0.05, 0.1) is 25.6 Å². The number of methoxy groups -OCH3 is 2. The lowest BCUT2D eigenvalue weighted by Crippen LogP contribution is -2.32. The molecule has 0 aliphatic carbocycles. The van der Waals surface area contributed by atoms with Crippen LogP contribution < -0.4 is 14.2 Å². The van der Waals surface area contributed by atoms with E-state index in [0.29, 0.717) is 0 Å². The number of aromatic nitrogens is 3. The Balaban J connectivity index is 1.83. The highest BCUT2D eigenvalue weighted by atomic mass is 16.5. The summed E-state index contributed by atoms with van der Waals surface area (Å²) in [7, 11) is 3.31. The van der Waals surface area contributed by atoms with Gasteiger partial charge in [-0.3, -0.25) is 4.57 Å². The van der Waals surface area contributed by atoms with E-state index in [2.05, 4.69) is 6.33 Å². The Bertz CT molecular complexity index is 1020. The summed E-state index contributed by atoms with van der Waals surface area (Å²) in [5.74, 6) is 2.41. The summed E-state index contributed by atoms with van der Waals surface area (Å²) in [6.07, 6.45) is 3.33. The SMILES string of the molecule is COc1ccc(-n2[c-][n+](-c3ccc(OC)cc3)nc2-c2ccccc2)cc1. The van der Waals surface area contributed by atoms with Crippen molar-refractivity contribution in [2.45, 2.75) is 0 Å². The molecular formula is C22H19N3O2. The van der Waals surface area contributed by atoms with Crippen molar-refractivity contribution in [3.05, 3.63) is 85.2 Å². The summed E-state index contributed by atoms with van der Waals surface area (Å²) >= 11 is 0. The lowest BCUT2D eigenvalue weighted by molar-refractivity contribution is -0.660. The molecule has 4 rings (SSSR count). The van der Waals surface area contributed by atoms with E-state index >= 15 is 0 Å². The quantitative estimate of drug-likeness (QED) is 0.404. The van der Waals surface area contributed by atoms with E-state index in [4.69, 9.17) is 14.6 Å². The van der Waals surface area contributed by atoms with Crippen molar-refractivity contribution >= 4 is 0 Å².